The van der Waals surface area contributed by atoms with Crippen molar-refractivity contribution in [3.63, 3.8) is 0 Å². The van der Waals surface area contributed by atoms with Crippen LogP contribution in [0.2, 0.25) is 0 Å². The van der Waals surface area contributed by atoms with E-state index in [0.29, 0.717) is 26.1 Å². The number of rotatable bonds is 5. The number of aromatic nitrogens is 2. The second kappa shape index (κ2) is 7.55. The van der Waals surface area contributed by atoms with Crippen LogP contribution in [0.4, 0.5) is 4.39 Å². The standard InChI is InChI=1S/C17H21FN4O2/c1-12-16(19-9-11-24-12)17(23)20-8-6-14-7-10-22(21-14)15-4-2-13(18)3-5-15/h2-5,7,10,12,16,19H,6,8-9,11H2,1H3,(H,20,23)/t12-,16+/m1/s1. The van der Waals surface area contributed by atoms with E-state index in [1.54, 1.807) is 16.8 Å². The largest absolute Gasteiger partial charge is 0.375 e. The van der Waals surface area contributed by atoms with Gasteiger partial charge in [0.2, 0.25) is 5.91 Å². The van der Waals surface area contributed by atoms with E-state index >= 15 is 0 Å². The lowest BCUT2D eigenvalue weighted by molar-refractivity contribution is -0.128. The predicted molar refractivity (Wildman–Crippen MR) is 87.4 cm³/mol. The minimum Gasteiger partial charge on any atom is -0.375 e. The van der Waals surface area contributed by atoms with Crippen molar-refractivity contribution in [1.82, 2.24) is 20.4 Å². The minimum absolute atomic E-state index is 0.0554. The first-order valence-electron chi connectivity index (χ1n) is 8.06. The van der Waals surface area contributed by atoms with Gasteiger partial charge in [0, 0.05) is 25.7 Å². The smallest absolute Gasteiger partial charge is 0.239 e. The fraction of sp³-hybridized carbons (Fsp3) is 0.412. The van der Waals surface area contributed by atoms with E-state index in [1.165, 1.54) is 12.1 Å². The third-order valence-electron chi connectivity index (χ3n) is 4.01. The highest BCUT2D eigenvalue weighted by molar-refractivity contribution is 5.82. The SMILES string of the molecule is C[C@H]1OCCN[C@@H]1C(=O)NCCc1ccn(-c2ccc(F)cc2)n1. The molecule has 2 aromatic rings. The molecule has 1 aliphatic rings. The van der Waals surface area contributed by atoms with Crippen LogP contribution in [-0.4, -0.2) is 47.5 Å². The number of hydrogen-bond donors (Lipinski definition) is 2. The van der Waals surface area contributed by atoms with Crippen LogP contribution in [0.25, 0.3) is 5.69 Å². The third-order valence-corrected chi connectivity index (χ3v) is 4.01. The molecule has 1 saturated heterocycles. The Morgan fingerprint density at radius 1 is 1.42 bits per heavy atom. The highest BCUT2D eigenvalue weighted by Gasteiger charge is 2.27. The Hall–Kier alpha value is -2.25. The van der Waals surface area contributed by atoms with Gasteiger partial charge in [-0.1, -0.05) is 0 Å². The molecule has 2 N–H and O–H groups in total. The van der Waals surface area contributed by atoms with E-state index in [1.807, 2.05) is 19.2 Å². The molecule has 2 heterocycles. The van der Waals surface area contributed by atoms with Crippen LogP contribution in [0.3, 0.4) is 0 Å². The summed E-state index contributed by atoms with van der Waals surface area (Å²) in [5.74, 6) is -0.330. The zero-order valence-corrected chi connectivity index (χ0v) is 13.5. The van der Waals surface area contributed by atoms with Crippen molar-refractivity contribution in [2.75, 3.05) is 19.7 Å². The zero-order valence-electron chi connectivity index (χ0n) is 13.5. The topological polar surface area (TPSA) is 68.2 Å². The zero-order chi connectivity index (χ0) is 16.9. The lowest BCUT2D eigenvalue weighted by Gasteiger charge is -2.29. The van der Waals surface area contributed by atoms with Gasteiger partial charge in [-0.25, -0.2) is 9.07 Å². The molecule has 0 unspecified atom stereocenters. The van der Waals surface area contributed by atoms with Crippen LogP contribution in [0.15, 0.2) is 36.5 Å². The van der Waals surface area contributed by atoms with Crippen molar-refractivity contribution in [3.8, 4) is 5.69 Å². The molecular formula is C17H21FN4O2. The van der Waals surface area contributed by atoms with Crippen molar-refractivity contribution < 1.29 is 13.9 Å². The number of amides is 1. The highest BCUT2D eigenvalue weighted by atomic mass is 19.1. The number of hydrogen-bond acceptors (Lipinski definition) is 4. The second-order valence-corrected chi connectivity index (χ2v) is 5.78. The molecule has 6 nitrogen and oxygen atoms in total. The van der Waals surface area contributed by atoms with Gasteiger partial charge in [-0.05, 0) is 37.3 Å². The van der Waals surface area contributed by atoms with E-state index in [2.05, 4.69) is 15.7 Å². The molecule has 0 saturated carbocycles. The monoisotopic (exact) mass is 332 g/mol. The number of carbonyl (C=O) groups excluding carboxylic acids is 1. The summed E-state index contributed by atoms with van der Waals surface area (Å²) in [5.41, 5.74) is 1.66. The predicted octanol–water partition coefficient (Wildman–Crippen LogP) is 1.05. The van der Waals surface area contributed by atoms with Gasteiger partial charge in [-0.3, -0.25) is 4.79 Å². The number of halogens is 1. The molecule has 3 rings (SSSR count). The van der Waals surface area contributed by atoms with Crippen molar-refractivity contribution in [3.05, 3.63) is 48.0 Å². The molecular weight excluding hydrogens is 311 g/mol. The van der Waals surface area contributed by atoms with Gasteiger partial charge >= 0.3 is 0 Å². The molecule has 128 valence electrons. The minimum atomic E-state index is -0.310. The summed E-state index contributed by atoms with van der Waals surface area (Å²) in [6.07, 6.45) is 2.32. The maximum Gasteiger partial charge on any atom is 0.239 e. The Morgan fingerprint density at radius 3 is 2.96 bits per heavy atom. The second-order valence-electron chi connectivity index (χ2n) is 5.78. The summed E-state index contributed by atoms with van der Waals surface area (Å²) in [4.78, 5) is 12.1. The Balaban J connectivity index is 1.50. The Kier molecular flexibility index (Phi) is 5.22. The Morgan fingerprint density at radius 2 is 2.21 bits per heavy atom. The van der Waals surface area contributed by atoms with E-state index in [-0.39, 0.29) is 23.9 Å². The summed E-state index contributed by atoms with van der Waals surface area (Å²) < 4.78 is 20.1. The average molecular weight is 332 g/mol. The number of carbonyl (C=O) groups is 1. The molecule has 1 fully saturated rings. The number of nitrogens with one attached hydrogen (secondary N) is 2. The van der Waals surface area contributed by atoms with Gasteiger partial charge in [0.05, 0.1) is 24.1 Å². The van der Waals surface area contributed by atoms with Crippen LogP contribution in [0.5, 0.6) is 0 Å². The Labute approximate surface area is 140 Å². The molecule has 1 amide bonds. The van der Waals surface area contributed by atoms with Crippen LogP contribution in [-0.2, 0) is 16.0 Å². The highest BCUT2D eigenvalue weighted by Crippen LogP contribution is 2.09. The van der Waals surface area contributed by atoms with Gasteiger partial charge in [-0.2, -0.15) is 5.10 Å². The van der Waals surface area contributed by atoms with Crippen LogP contribution < -0.4 is 10.6 Å². The average Bonchev–Trinajstić information content (AvgIpc) is 3.04. The fourth-order valence-electron chi connectivity index (χ4n) is 2.68. The summed E-state index contributed by atoms with van der Waals surface area (Å²) in [6, 6.07) is 7.72. The third kappa shape index (κ3) is 3.98. The van der Waals surface area contributed by atoms with E-state index < -0.39 is 0 Å². The summed E-state index contributed by atoms with van der Waals surface area (Å²) in [7, 11) is 0. The summed E-state index contributed by atoms with van der Waals surface area (Å²) >= 11 is 0. The summed E-state index contributed by atoms with van der Waals surface area (Å²) in [5, 5.41) is 10.5. The van der Waals surface area contributed by atoms with Gasteiger partial charge in [0.15, 0.2) is 0 Å². The molecule has 2 atom stereocenters. The van der Waals surface area contributed by atoms with Crippen molar-refractivity contribution in [1.29, 1.82) is 0 Å². The van der Waals surface area contributed by atoms with E-state index in [0.717, 1.165) is 11.4 Å². The molecule has 7 heteroatoms. The van der Waals surface area contributed by atoms with Gasteiger partial charge in [0.25, 0.3) is 0 Å². The molecule has 0 aliphatic carbocycles. The maximum atomic E-state index is 12.9. The maximum absolute atomic E-state index is 12.9. The lowest BCUT2D eigenvalue weighted by atomic mass is 10.1. The number of benzene rings is 1. The molecule has 0 spiro atoms. The first-order chi connectivity index (χ1) is 11.6. The fourth-order valence-corrected chi connectivity index (χ4v) is 2.68. The first-order valence-corrected chi connectivity index (χ1v) is 8.06. The number of ether oxygens (including phenoxy) is 1. The molecule has 1 aromatic carbocycles. The van der Waals surface area contributed by atoms with Crippen LogP contribution >= 0.6 is 0 Å². The van der Waals surface area contributed by atoms with E-state index in [9.17, 15) is 9.18 Å². The molecule has 24 heavy (non-hydrogen) atoms. The van der Waals surface area contributed by atoms with E-state index in [4.69, 9.17) is 4.74 Å². The van der Waals surface area contributed by atoms with Crippen molar-refractivity contribution in [2.45, 2.75) is 25.5 Å². The normalized spacial score (nSPS) is 20.8. The molecule has 1 aliphatic heterocycles. The number of morpholine rings is 1. The quantitative estimate of drug-likeness (QED) is 0.859. The van der Waals surface area contributed by atoms with Gasteiger partial charge in [0.1, 0.15) is 11.9 Å². The molecule has 1 aromatic heterocycles. The summed E-state index contributed by atoms with van der Waals surface area (Å²) in [6.45, 7) is 3.71. The lowest BCUT2D eigenvalue weighted by Crippen LogP contribution is -2.55. The molecule has 0 radical (unpaired) electrons. The van der Waals surface area contributed by atoms with Crippen molar-refractivity contribution >= 4 is 5.91 Å². The first kappa shape index (κ1) is 16.6. The van der Waals surface area contributed by atoms with Crippen molar-refractivity contribution in [2.24, 2.45) is 0 Å². The van der Waals surface area contributed by atoms with Crippen LogP contribution in [0, 0.1) is 5.82 Å². The van der Waals surface area contributed by atoms with Crippen LogP contribution in [0.1, 0.15) is 12.6 Å². The number of nitrogens with zero attached hydrogens (tertiary/aromatic N) is 2. The Bertz CT molecular complexity index is 686. The van der Waals surface area contributed by atoms with Gasteiger partial charge in [-0.15, -0.1) is 0 Å². The van der Waals surface area contributed by atoms with Gasteiger partial charge < -0.3 is 15.4 Å². The molecule has 0 bridgehead atoms.